The predicted octanol–water partition coefficient (Wildman–Crippen LogP) is 8.77. The first-order chi connectivity index (χ1) is 19.6. The largest absolute Gasteiger partial charge is 0.508 e. The van der Waals surface area contributed by atoms with E-state index in [1.165, 1.54) is 25.7 Å². The van der Waals surface area contributed by atoms with Crippen LogP contribution in [0.5, 0.6) is 17.2 Å². The number of methoxy groups -OCH3 is 1. The topological polar surface area (TPSA) is 50.7 Å². The van der Waals surface area contributed by atoms with Crippen LogP contribution in [-0.4, -0.2) is 32.0 Å². The Morgan fingerprint density at radius 1 is 0.925 bits per heavy atom. The van der Waals surface area contributed by atoms with E-state index in [1.54, 1.807) is 19.2 Å². The number of phenols is 1. The van der Waals surface area contributed by atoms with Crippen LogP contribution in [-0.2, 0) is 0 Å². The molecule has 0 amide bonds. The summed E-state index contributed by atoms with van der Waals surface area (Å²) in [6, 6.07) is 21.8. The first kappa shape index (κ1) is 29.4. The van der Waals surface area contributed by atoms with Crippen LogP contribution in [0.4, 0.5) is 4.39 Å². The van der Waals surface area contributed by atoms with E-state index in [0.29, 0.717) is 6.42 Å². The van der Waals surface area contributed by atoms with Crippen molar-refractivity contribution in [2.75, 3.05) is 26.9 Å². The highest BCUT2D eigenvalue weighted by atomic mass is 19.1. The Balaban J connectivity index is 1.37. The molecule has 3 aromatic carbocycles. The number of allylic oxidation sites excluding steroid dienone is 1. The maximum atomic E-state index is 12.1. The van der Waals surface area contributed by atoms with Crippen LogP contribution in [0, 0.1) is 0 Å². The molecule has 1 aliphatic heterocycles. The molecule has 0 aromatic heterocycles. The molecule has 1 aliphatic rings. The minimum atomic E-state index is -0.285. The van der Waals surface area contributed by atoms with Crippen molar-refractivity contribution < 1.29 is 19.0 Å². The summed E-state index contributed by atoms with van der Waals surface area (Å²) in [6.07, 6.45) is 11.8. The number of unbranched alkanes of at least 4 members (excludes halogenated alkanes) is 6. The second-order valence-electron chi connectivity index (χ2n) is 10.4. The molecule has 40 heavy (non-hydrogen) atoms. The number of alkyl halides is 1. The van der Waals surface area contributed by atoms with Crippen LogP contribution in [0.3, 0.4) is 0 Å². The van der Waals surface area contributed by atoms with Crippen molar-refractivity contribution in [3.05, 3.63) is 95.1 Å². The molecule has 0 radical (unpaired) electrons. The predicted molar refractivity (Wildman–Crippen MR) is 164 cm³/mol. The lowest BCUT2D eigenvalue weighted by atomic mass is 9.86. The second-order valence-corrected chi connectivity index (χ2v) is 10.4. The maximum Gasteiger partial charge on any atom is 0.150 e. The molecule has 3 aromatic rings. The van der Waals surface area contributed by atoms with Crippen LogP contribution in [0.1, 0.15) is 80.2 Å². The van der Waals surface area contributed by atoms with E-state index < -0.39 is 0 Å². The molecule has 2 N–H and O–H groups in total. The van der Waals surface area contributed by atoms with Gasteiger partial charge in [0.15, 0.2) is 0 Å². The Morgan fingerprint density at radius 3 is 2.42 bits per heavy atom. The second kappa shape index (κ2) is 15.3. The van der Waals surface area contributed by atoms with E-state index in [-0.39, 0.29) is 18.5 Å². The fourth-order valence-corrected chi connectivity index (χ4v) is 5.23. The number of rotatable bonds is 15. The van der Waals surface area contributed by atoms with E-state index in [9.17, 15) is 9.50 Å². The lowest BCUT2D eigenvalue weighted by molar-refractivity contribution is 0.259. The van der Waals surface area contributed by atoms with E-state index in [2.05, 4.69) is 54.7 Å². The Bertz CT molecular complexity index is 1280. The van der Waals surface area contributed by atoms with Crippen LogP contribution in [0.15, 0.2) is 72.8 Å². The summed E-state index contributed by atoms with van der Waals surface area (Å²) in [7, 11) is 1.67. The molecule has 4 rings (SSSR count). The standard InChI is InChI=1S/C35H42FNO3/c1-26-32-25-30(38)19-20-33(32)40-35(34(26)29-13-10-14-31(24-29)39-2)28-17-15-27(16-18-28)12-11-23-37-22-9-7-5-3-4-6-8-21-36/h10-20,24-25,35,37-38H,3-9,21-23H2,1-2H3/b12-11+. The average molecular weight is 544 g/mol. The number of benzene rings is 3. The van der Waals surface area contributed by atoms with Crippen LogP contribution >= 0.6 is 0 Å². The summed E-state index contributed by atoms with van der Waals surface area (Å²) >= 11 is 0. The van der Waals surface area contributed by atoms with Crippen molar-refractivity contribution in [2.45, 2.75) is 58.0 Å². The summed E-state index contributed by atoms with van der Waals surface area (Å²) in [5.41, 5.74) is 6.27. The molecule has 4 nitrogen and oxygen atoms in total. The summed E-state index contributed by atoms with van der Waals surface area (Å²) in [6.45, 7) is 3.77. The van der Waals surface area contributed by atoms with Crippen molar-refractivity contribution in [3.63, 3.8) is 0 Å². The number of nitrogens with one attached hydrogen (secondary N) is 1. The molecule has 0 spiro atoms. The Hall–Kier alpha value is -3.57. The van der Waals surface area contributed by atoms with E-state index in [1.807, 2.05) is 24.3 Å². The summed E-state index contributed by atoms with van der Waals surface area (Å²) in [5, 5.41) is 13.6. The lowest BCUT2D eigenvalue weighted by Gasteiger charge is -2.31. The highest BCUT2D eigenvalue weighted by Gasteiger charge is 2.29. The molecule has 0 saturated carbocycles. The van der Waals surface area contributed by atoms with Gasteiger partial charge >= 0.3 is 0 Å². The average Bonchev–Trinajstić information content (AvgIpc) is 2.98. The van der Waals surface area contributed by atoms with E-state index in [4.69, 9.17) is 9.47 Å². The third kappa shape index (κ3) is 7.98. The normalized spacial score (nSPS) is 14.8. The Labute approximate surface area is 238 Å². The zero-order valence-electron chi connectivity index (χ0n) is 23.8. The van der Waals surface area contributed by atoms with Gasteiger partial charge < -0.3 is 19.9 Å². The number of ether oxygens (including phenoxy) is 2. The molecule has 0 aliphatic carbocycles. The van der Waals surface area contributed by atoms with Crippen LogP contribution in [0.25, 0.3) is 17.2 Å². The molecule has 0 fully saturated rings. The molecular formula is C35H42FNO3. The van der Waals surface area contributed by atoms with Crippen molar-refractivity contribution in [1.82, 2.24) is 5.32 Å². The van der Waals surface area contributed by atoms with Gasteiger partial charge in [0, 0.05) is 17.7 Å². The maximum absolute atomic E-state index is 12.1. The molecular weight excluding hydrogens is 501 g/mol. The highest BCUT2D eigenvalue weighted by molar-refractivity contribution is 5.95. The van der Waals surface area contributed by atoms with Gasteiger partial charge in [0.2, 0.25) is 0 Å². The van der Waals surface area contributed by atoms with Crippen molar-refractivity contribution in [2.24, 2.45) is 0 Å². The van der Waals surface area contributed by atoms with Crippen molar-refractivity contribution >= 4 is 17.2 Å². The first-order valence-corrected chi connectivity index (χ1v) is 14.5. The van der Waals surface area contributed by atoms with E-state index in [0.717, 1.165) is 70.8 Å². The molecule has 1 heterocycles. The van der Waals surface area contributed by atoms with Gasteiger partial charge in [-0.2, -0.15) is 0 Å². The number of hydrogen-bond donors (Lipinski definition) is 2. The van der Waals surface area contributed by atoms with Gasteiger partial charge in [0.05, 0.1) is 13.8 Å². The zero-order chi connectivity index (χ0) is 28.2. The van der Waals surface area contributed by atoms with E-state index >= 15 is 0 Å². The fourth-order valence-electron chi connectivity index (χ4n) is 5.23. The third-order valence-electron chi connectivity index (χ3n) is 7.46. The van der Waals surface area contributed by atoms with Gasteiger partial charge in [0.25, 0.3) is 0 Å². The molecule has 0 bridgehead atoms. The summed E-state index contributed by atoms with van der Waals surface area (Å²) in [5.74, 6) is 1.77. The Morgan fingerprint density at radius 2 is 1.68 bits per heavy atom. The number of halogens is 1. The number of aromatic hydroxyl groups is 1. The highest BCUT2D eigenvalue weighted by Crippen LogP contribution is 2.47. The summed E-state index contributed by atoms with van der Waals surface area (Å²) < 4.78 is 24.1. The number of fused-ring (bicyclic) bond motifs is 1. The minimum absolute atomic E-state index is 0.180. The van der Waals surface area contributed by atoms with Gasteiger partial charge in [0.1, 0.15) is 23.4 Å². The van der Waals surface area contributed by atoms with Crippen LogP contribution in [0.2, 0.25) is 0 Å². The van der Waals surface area contributed by atoms with Crippen molar-refractivity contribution in [1.29, 1.82) is 0 Å². The summed E-state index contributed by atoms with van der Waals surface area (Å²) in [4.78, 5) is 0. The zero-order valence-corrected chi connectivity index (χ0v) is 23.8. The quantitative estimate of drug-likeness (QED) is 0.188. The fraction of sp³-hybridized carbons (Fsp3) is 0.371. The molecule has 1 unspecified atom stereocenters. The molecule has 0 saturated heterocycles. The molecule has 5 heteroatoms. The minimum Gasteiger partial charge on any atom is -0.508 e. The lowest BCUT2D eigenvalue weighted by Crippen LogP contribution is -2.16. The van der Waals surface area contributed by atoms with Gasteiger partial charge in [-0.3, -0.25) is 4.39 Å². The van der Waals surface area contributed by atoms with Gasteiger partial charge in [-0.25, -0.2) is 0 Å². The Kier molecular flexibility index (Phi) is 11.2. The number of phenolic OH excluding ortho intramolecular Hbond substituents is 1. The monoisotopic (exact) mass is 543 g/mol. The van der Waals surface area contributed by atoms with Crippen molar-refractivity contribution in [3.8, 4) is 17.2 Å². The smallest absolute Gasteiger partial charge is 0.150 e. The van der Waals surface area contributed by atoms with Gasteiger partial charge in [-0.05, 0) is 78.9 Å². The van der Waals surface area contributed by atoms with Gasteiger partial charge in [-0.15, -0.1) is 0 Å². The number of hydrogen-bond acceptors (Lipinski definition) is 4. The van der Waals surface area contributed by atoms with Crippen LogP contribution < -0.4 is 14.8 Å². The molecule has 212 valence electrons. The molecule has 1 atom stereocenters. The van der Waals surface area contributed by atoms with Gasteiger partial charge in [-0.1, -0.05) is 80.7 Å². The SMILES string of the molecule is COc1cccc(C2=C(C)c3cc(O)ccc3OC2c2ccc(/C=C/CNCCCCCCCCCF)cc2)c1. The third-order valence-corrected chi connectivity index (χ3v) is 7.46. The first-order valence-electron chi connectivity index (χ1n) is 14.5.